The molecule has 0 radical (unpaired) electrons. The van der Waals surface area contributed by atoms with Crippen molar-refractivity contribution in [2.45, 2.75) is 19.8 Å². The van der Waals surface area contributed by atoms with Gasteiger partial charge in [-0.25, -0.2) is 0 Å². The molecule has 0 spiro atoms. The van der Waals surface area contributed by atoms with E-state index in [2.05, 4.69) is 40.7 Å². The molecule has 1 aromatic heterocycles. The Balaban J connectivity index is 1.83. The van der Waals surface area contributed by atoms with Gasteiger partial charge >= 0.3 is 0 Å². The molecule has 1 saturated heterocycles. The second kappa shape index (κ2) is 5.23. The van der Waals surface area contributed by atoms with E-state index in [-0.39, 0.29) is 5.41 Å². The van der Waals surface area contributed by atoms with Crippen molar-refractivity contribution in [1.82, 2.24) is 15.1 Å². The number of benzene rings is 1. The van der Waals surface area contributed by atoms with Crippen LogP contribution in [0.4, 0.5) is 0 Å². The van der Waals surface area contributed by atoms with Crippen LogP contribution in [-0.2, 0) is 19.9 Å². The van der Waals surface area contributed by atoms with Gasteiger partial charge in [-0.05, 0) is 25.3 Å². The zero-order valence-corrected chi connectivity index (χ0v) is 12.7. The summed E-state index contributed by atoms with van der Waals surface area (Å²) < 4.78 is 1.77. The minimum absolute atomic E-state index is 0.277. The fourth-order valence-electron chi connectivity index (χ4n) is 3.07. The molecule has 2 heterocycles. The summed E-state index contributed by atoms with van der Waals surface area (Å²) in [6.07, 6.45) is 2.08. The lowest BCUT2D eigenvalue weighted by atomic mass is 9.72. The van der Waals surface area contributed by atoms with Crippen molar-refractivity contribution >= 4 is 11.6 Å². The van der Waals surface area contributed by atoms with Gasteiger partial charge in [0.1, 0.15) is 5.15 Å². The highest BCUT2D eigenvalue weighted by molar-refractivity contribution is 6.30. The topological polar surface area (TPSA) is 29.9 Å². The quantitative estimate of drug-likeness (QED) is 0.938. The van der Waals surface area contributed by atoms with Gasteiger partial charge in [-0.2, -0.15) is 5.10 Å². The van der Waals surface area contributed by atoms with Gasteiger partial charge in [0.05, 0.1) is 5.69 Å². The minimum Gasteiger partial charge on any atom is -0.315 e. The number of aryl methyl sites for hydroxylation is 2. The number of rotatable bonds is 4. The van der Waals surface area contributed by atoms with E-state index in [9.17, 15) is 0 Å². The average Bonchev–Trinajstić information content (AvgIpc) is 2.63. The molecule has 1 fully saturated rings. The first kappa shape index (κ1) is 13.7. The molecule has 1 aliphatic rings. The van der Waals surface area contributed by atoms with Crippen LogP contribution in [0, 0.1) is 12.3 Å². The van der Waals surface area contributed by atoms with Crippen molar-refractivity contribution in [3.05, 3.63) is 52.3 Å². The van der Waals surface area contributed by atoms with E-state index in [0.717, 1.165) is 36.8 Å². The van der Waals surface area contributed by atoms with Crippen LogP contribution in [0.3, 0.4) is 0 Å². The molecule has 3 rings (SSSR count). The summed E-state index contributed by atoms with van der Waals surface area (Å²) in [6.45, 7) is 4.14. The number of halogens is 1. The molecule has 3 nitrogen and oxygen atoms in total. The highest BCUT2D eigenvalue weighted by atomic mass is 35.5. The Morgan fingerprint density at radius 1 is 1.25 bits per heavy atom. The standard InChI is InChI=1S/C16H20ClN3/c1-12-14(15(17)20(2)19-12)9-16(10-18-11-16)8-13-6-4-3-5-7-13/h3-7,18H,8-11H2,1-2H3. The van der Waals surface area contributed by atoms with E-state index in [1.165, 1.54) is 11.1 Å². The Bertz CT molecular complexity index is 600. The van der Waals surface area contributed by atoms with Crippen LogP contribution >= 0.6 is 11.6 Å². The summed E-state index contributed by atoms with van der Waals surface area (Å²) in [6, 6.07) is 10.7. The van der Waals surface area contributed by atoms with Gasteiger partial charge in [-0.3, -0.25) is 4.68 Å². The van der Waals surface area contributed by atoms with E-state index in [1.54, 1.807) is 4.68 Å². The molecule has 1 aromatic carbocycles. The fraction of sp³-hybridized carbons (Fsp3) is 0.438. The van der Waals surface area contributed by atoms with Crippen molar-refractivity contribution in [2.24, 2.45) is 12.5 Å². The van der Waals surface area contributed by atoms with Crippen molar-refractivity contribution in [3.8, 4) is 0 Å². The maximum absolute atomic E-state index is 6.38. The van der Waals surface area contributed by atoms with E-state index < -0.39 is 0 Å². The Morgan fingerprint density at radius 3 is 2.45 bits per heavy atom. The maximum Gasteiger partial charge on any atom is 0.130 e. The van der Waals surface area contributed by atoms with Gasteiger partial charge in [0.15, 0.2) is 0 Å². The maximum atomic E-state index is 6.38. The monoisotopic (exact) mass is 289 g/mol. The van der Waals surface area contributed by atoms with Crippen LogP contribution in [0.2, 0.25) is 5.15 Å². The summed E-state index contributed by atoms with van der Waals surface area (Å²) in [5.41, 5.74) is 3.92. The molecule has 0 aliphatic carbocycles. The van der Waals surface area contributed by atoms with Gasteiger partial charge in [0.25, 0.3) is 0 Å². The van der Waals surface area contributed by atoms with Gasteiger partial charge < -0.3 is 5.32 Å². The number of nitrogens with zero attached hydrogens (tertiary/aromatic N) is 2. The van der Waals surface area contributed by atoms with Crippen LogP contribution in [0.25, 0.3) is 0 Å². The highest BCUT2D eigenvalue weighted by Crippen LogP contribution is 2.35. The summed E-state index contributed by atoms with van der Waals surface area (Å²) in [5, 5.41) is 8.62. The third-order valence-electron chi connectivity index (χ3n) is 4.24. The predicted molar refractivity (Wildman–Crippen MR) is 82.1 cm³/mol. The van der Waals surface area contributed by atoms with Crippen LogP contribution in [0.1, 0.15) is 16.8 Å². The van der Waals surface area contributed by atoms with Crippen LogP contribution in [-0.4, -0.2) is 22.9 Å². The van der Waals surface area contributed by atoms with Crippen molar-refractivity contribution in [3.63, 3.8) is 0 Å². The zero-order chi connectivity index (χ0) is 14.2. The second-order valence-corrected chi connectivity index (χ2v) is 6.28. The smallest absolute Gasteiger partial charge is 0.130 e. The third-order valence-corrected chi connectivity index (χ3v) is 4.72. The lowest BCUT2D eigenvalue weighted by molar-refractivity contribution is 0.166. The predicted octanol–water partition coefficient (Wildman–Crippen LogP) is 2.76. The summed E-state index contributed by atoms with van der Waals surface area (Å²) >= 11 is 6.38. The molecule has 106 valence electrons. The Kier molecular flexibility index (Phi) is 3.57. The zero-order valence-electron chi connectivity index (χ0n) is 12.0. The molecule has 1 aliphatic heterocycles. The molecule has 4 heteroatoms. The molecule has 0 atom stereocenters. The molecule has 1 N–H and O–H groups in total. The number of hydrogen-bond donors (Lipinski definition) is 1. The first-order chi connectivity index (χ1) is 9.60. The number of hydrogen-bond acceptors (Lipinski definition) is 2. The molecule has 20 heavy (non-hydrogen) atoms. The average molecular weight is 290 g/mol. The Labute approximate surface area is 124 Å². The first-order valence-corrected chi connectivity index (χ1v) is 7.40. The second-order valence-electron chi connectivity index (χ2n) is 5.92. The third kappa shape index (κ3) is 2.48. The summed E-state index contributed by atoms with van der Waals surface area (Å²) in [5.74, 6) is 0. The van der Waals surface area contributed by atoms with Crippen LogP contribution < -0.4 is 5.32 Å². The molecule has 2 aromatic rings. The highest BCUT2D eigenvalue weighted by Gasteiger charge is 2.38. The minimum atomic E-state index is 0.277. The largest absolute Gasteiger partial charge is 0.315 e. The molecular weight excluding hydrogens is 270 g/mol. The lowest BCUT2D eigenvalue weighted by Gasteiger charge is -2.43. The lowest BCUT2D eigenvalue weighted by Crippen LogP contribution is -2.56. The molecule has 0 unspecified atom stereocenters. The number of aromatic nitrogens is 2. The first-order valence-electron chi connectivity index (χ1n) is 7.02. The van der Waals surface area contributed by atoms with Gasteiger partial charge in [-0.1, -0.05) is 41.9 Å². The van der Waals surface area contributed by atoms with E-state index >= 15 is 0 Å². The van der Waals surface area contributed by atoms with Gasteiger partial charge in [0.2, 0.25) is 0 Å². The normalized spacial score (nSPS) is 16.9. The SMILES string of the molecule is Cc1nn(C)c(Cl)c1CC1(Cc2ccccc2)CNC1. The molecule has 0 bridgehead atoms. The Morgan fingerprint density at radius 2 is 1.95 bits per heavy atom. The van der Waals surface area contributed by atoms with Gasteiger partial charge in [-0.15, -0.1) is 0 Å². The van der Waals surface area contributed by atoms with Crippen LogP contribution in [0.5, 0.6) is 0 Å². The molecule has 0 saturated carbocycles. The molecule has 0 amide bonds. The van der Waals surface area contributed by atoms with E-state index in [0.29, 0.717) is 0 Å². The van der Waals surface area contributed by atoms with Crippen molar-refractivity contribution < 1.29 is 0 Å². The van der Waals surface area contributed by atoms with Crippen LogP contribution in [0.15, 0.2) is 30.3 Å². The van der Waals surface area contributed by atoms with Crippen molar-refractivity contribution in [2.75, 3.05) is 13.1 Å². The van der Waals surface area contributed by atoms with E-state index in [1.807, 2.05) is 14.0 Å². The summed E-state index contributed by atoms with van der Waals surface area (Å²) in [4.78, 5) is 0. The van der Waals surface area contributed by atoms with Crippen molar-refractivity contribution in [1.29, 1.82) is 0 Å². The number of nitrogens with one attached hydrogen (secondary N) is 1. The fourth-order valence-corrected chi connectivity index (χ4v) is 3.31. The molecular formula is C16H20ClN3. The van der Waals surface area contributed by atoms with Gasteiger partial charge in [0, 0.05) is 31.1 Å². The van der Waals surface area contributed by atoms with E-state index in [4.69, 9.17) is 11.6 Å². The Hall–Kier alpha value is -1.32. The summed E-state index contributed by atoms with van der Waals surface area (Å²) in [7, 11) is 1.90.